The van der Waals surface area contributed by atoms with Gasteiger partial charge in [-0.2, -0.15) is 0 Å². The van der Waals surface area contributed by atoms with Crippen LogP contribution in [0.3, 0.4) is 0 Å². The largest absolute Gasteiger partial charge is 0.497 e. The zero-order valence-electron chi connectivity index (χ0n) is 17.8. The Labute approximate surface area is 185 Å². The first-order chi connectivity index (χ1) is 15.0. The summed E-state index contributed by atoms with van der Waals surface area (Å²) in [6.07, 6.45) is 1.64. The highest BCUT2D eigenvalue weighted by Crippen LogP contribution is 2.27. The first kappa shape index (κ1) is 21.1. The molecule has 0 saturated carbocycles. The Morgan fingerprint density at radius 1 is 1.23 bits per heavy atom. The van der Waals surface area contributed by atoms with Crippen molar-refractivity contribution in [3.63, 3.8) is 0 Å². The van der Waals surface area contributed by atoms with Gasteiger partial charge in [0.15, 0.2) is 0 Å². The number of aryl methyl sites for hydroxylation is 1. The number of carbonyl (C=O) groups is 2. The van der Waals surface area contributed by atoms with Crippen molar-refractivity contribution >= 4 is 29.3 Å². The fourth-order valence-corrected chi connectivity index (χ4v) is 4.89. The van der Waals surface area contributed by atoms with Gasteiger partial charge in [0, 0.05) is 22.8 Å². The Morgan fingerprint density at radius 2 is 2.00 bits per heavy atom. The van der Waals surface area contributed by atoms with E-state index in [1.165, 1.54) is 0 Å². The van der Waals surface area contributed by atoms with E-state index in [0.29, 0.717) is 29.4 Å². The molecule has 2 amide bonds. The van der Waals surface area contributed by atoms with E-state index in [9.17, 15) is 9.59 Å². The van der Waals surface area contributed by atoms with Crippen molar-refractivity contribution in [3.05, 3.63) is 71.4 Å². The molecule has 162 valence electrons. The molecule has 7 nitrogen and oxygen atoms in total. The summed E-state index contributed by atoms with van der Waals surface area (Å²) in [5.74, 6) is 2.29. The lowest BCUT2D eigenvalue weighted by Gasteiger charge is -2.23. The minimum absolute atomic E-state index is 0.126. The second-order valence-electron chi connectivity index (χ2n) is 7.46. The van der Waals surface area contributed by atoms with Crippen LogP contribution in [0.5, 0.6) is 5.75 Å². The summed E-state index contributed by atoms with van der Waals surface area (Å²) in [4.78, 5) is 27.9. The van der Waals surface area contributed by atoms with Crippen LogP contribution < -0.4 is 10.1 Å². The molecule has 0 radical (unpaired) electrons. The van der Waals surface area contributed by atoms with Gasteiger partial charge in [0.25, 0.3) is 5.91 Å². The summed E-state index contributed by atoms with van der Waals surface area (Å²) in [6.45, 7) is 4.46. The first-order valence-corrected chi connectivity index (χ1v) is 11.2. The number of ether oxygens (including phenoxy) is 1. The van der Waals surface area contributed by atoms with Crippen LogP contribution in [0.15, 0.2) is 53.1 Å². The number of benzene rings is 1. The van der Waals surface area contributed by atoms with Crippen LogP contribution in [0.4, 0.5) is 5.69 Å². The number of methoxy groups -OCH3 is 1. The highest BCUT2D eigenvalue weighted by molar-refractivity contribution is 7.99. The number of hydrogen-bond donors (Lipinski definition) is 1. The second-order valence-corrected chi connectivity index (χ2v) is 8.46. The number of hydrogen-bond acceptors (Lipinski definition) is 5. The monoisotopic (exact) mass is 439 g/mol. The van der Waals surface area contributed by atoms with E-state index >= 15 is 0 Å². The predicted octanol–water partition coefficient (Wildman–Crippen LogP) is 3.91. The van der Waals surface area contributed by atoms with E-state index in [0.717, 1.165) is 22.9 Å². The van der Waals surface area contributed by atoms with E-state index in [-0.39, 0.29) is 11.8 Å². The molecule has 1 unspecified atom stereocenters. The lowest BCUT2D eigenvalue weighted by atomic mass is 10.1. The Kier molecular flexibility index (Phi) is 6.08. The Morgan fingerprint density at radius 3 is 2.68 bits per heavy atom. The van der Waals surface area contributed by atoms with Gasteiger partial charge in [-0.3, -0.25) is 9.59 Å². The van der Waals surface area contributed by atoms with E-state index in [1.54, 1.807) is 54.3 Å². The van der Waals surface area contributed by atoms with Gasteiger partial charge in [0.1, 0.15) is 17.6 Å². The van der Waals surface area contributed by atoms with Gasteiger partial charge in [0.05, 0.1) is 31.4 Å². The van der Waals surface area contributed by atoms with E-state index in [4.69, 9.17) is 9.15 Å². The second kappa shape index (κ2) is 8.93. The van der Waals surface area contributed by atoms with Crippen LogP contribution >= 0.6 is 11.8 Å². The standard InChI is InChI=1S/C23H25N3O4S/c1-15-11-20(16(2)25(15)12-19-5-4-10-30-19)23(28)26-14-31-13-21(26)22(27)24-17-6-8-18(29-3)9-7-17/h4-11,21H,12-14H2,1-3H3,(H,24,27). The number of nitrogens with zero attached hydrogens (tertiary/aromatic N) is 2. The number of furan rings is 1. The molecule has 1 N–H and O–H groups in total. The Balaban J connectivity index is 1.50. The topological polar surface area (TPSA) is 76.7 Å². The molecule has 3 heterocycles. The fraction of sp³-hybridized carbons (Fsp3) is 0.304. The SMILES string of the molecule is COc1ccc(NC(=O)C2CSCN2C(=O)c2cc(C)n(Cc3ccco3)c2C)cc1. The van der Waals surface area contributed by atoms with Crippen molar-refractivity contribution in [2.24, 2.45) is 0 Å². The third-order valence-corrected chi connectivity index (χ3v) is 6.51. The number of nitrogens with one attached hydrogen (secondary N) is 1. The molecule has 1 fully saturated rings. The number of carbonyl (C=O) groups excluding carboxylic acids is 2. The number of amides is 2. The summed E-state index contributed by atoms with van der Waals surface area (Å²) in [6, 6.07) is 12.3. The average Bonchev–Trinajstić information content (AvgIpc) is 3.52. The molecule has 4 rings (SSSR count). The molecule has 2 aromatic heterocycles. The summed E-state index contributed by atoms with van der Waals surface area (Å²) < 4.78 is 12.7. The fourth-order valence-electron chi connectivity index (χ4n) is 3.73. The maximum Gasteiger partial charge on any atom is 0.257 e. The quantitative estimate of drug-likeness (QED) is 0.630. The predicted molar refractivity (Wildman–Crippen MR) is 121 cm³/mol. The summed E-state index contributed by atoms with van der Waals surface area (Å²) in [5, 5.41) is 2.91. The van der Waals surface area contributed by atoms with Crippen molar-refractivity contribution in [3.8, 4) is 5.75 Å². The number of aromatic nitrogens is 1. The molecule has 1 atom stereocenters. The lowest BCUT2D eigenvalue weighted by Crippen LogP contribution is -2.44. The Bertz CT molecular complexity index is 1070. The van der Waals surface area contributed by atoms with Gasteiger partial charge in [0.2, 0.25) is 5.91 Å². The van der Waals surface area contributed by atoms with Crippen LogP contribution in [-0.4, -0.2) is 46.1 Å². The minimum atomic E-state index is -0.521. The molecule has 1 saturated heterocycles. The van der Waals surface area contributed by atoms with Gasteiger partial charge < -0.3 is 23.9 Å². The third-order valence-electron chi connectivity index (χ3n) is 5.50. The molecule has 0 spiro atoms. The summed E-state index contributed by atoms with van der Waals surface area (Å²) >= 11 is 1.58. The highest BCUT2D eigenvalue weighted by atomic mass is 32.2. The van der Waals surface area contributed by atoms with Crippen molar-refractivity contribution < 1.29 is 18.7 Å². The number of anilines is 1. The van der Waals surface area contributed by atoms with Gasteiger partial charge >= 0.3 is 0 Å². The van der Waals surface area contributed by atoms with Crippen molar-refractivity contribution in [2.75, 3.05) is 24.1 Å². The van der Waals surface area contributed by atoms with Crippen molar-refractivity contribution in [1.29, 1.82) is 0 Å². The third kappa shape index (κ3) is 4.34. The number of thioether (sulfide) groups is 1. The number of rotatable bonds is 6. The summed E-state index contributed by atoms with van der Waals surface area (Å²) in [5.41, 5.74) is 3.13. The minimum Gasteiger partial charge on any atom is -0.497 e. The normalized spacial score (nSPS) is 15.8. The molecular weight excluding hydrogens is 414 g/mol. The van der Waals surface area contributed by atoms with Crippen LogP contribution in [-0.2, 0) is 11.3 Å². The van der Waals surface area contributed by atoms with E-state index in [1.807, 2.05) is 32.0 Å². The molecule has 1 aliphatic heterocycles. The molecule has 3 aromatic rings. The smallest absolute Gasteiger partial charge is 0.257 e. The van der Waals surface area contributed by atoms with Crippen molar-refractivity contribution in [1.82, 2.24) is 9.47 Å². The lowest BCUT2D eigenvalue weighted by molar-refractivity contribution is -0.119. The molecule has 31 heavy (non-hydrogen) atoms. The molecule has 1 aliphatic rings. The maximum atomic E-state index is 13.4. The average molecular weight is 440 g/mol. The molecule has 1 aromatic carbocycles. The molecular formula is C23H25N3O4S. The van der Waals surface area contributed by atoms with Crippen LogP contribution in [0, 0.1) is 13.8 Å². The highest BCUT2D eigenvalue weighted by Gasteiger charge is 2.36. The van der Waals surface area contributed by atoms with Gasteiger partial charge in [-0.1, -0.05) is 0 Å². The van der Waals surface area contributed by atoms with Crippen molar-refractivity contribution in [2.45, 2.75) is 26.4 Å². The van der Waals surface area contributed by atoms with Crippen LogP contribution in [0.2, 0.25) is 0 Å². The maximum absolute atomic E-state index is 13.4. The van der Waals surface area contributed by atoms with E-state index < -0.39 is 6.04 Å². The first-order valence-electron chi connectivity index (χ1n) is 10.0. The molecule has 0 bridgehead atoms. The van der Waals surface area contributed by atoms with Gasteiger partial charge in [-0.25, -0.2) is 0 Å². The zero-order chi connectivity index (χ0) is 22.0. The van der Waals surface area contributed by atoms with Crippen LogP contribution in [0.1, 0.15) is 27.5 Å². The van der Waals surface area contributed by atoms with Gasteiger partial charge in [-0.15, -0.1) is 11.8 Å². The molecule has 0 aliphatic carbocycles. The summed E-state index contributed by atoms with van der Waals surface area (Å²) in [7, 11) is 1.60. The Hall–Kier alpha value is -3.13. The van der Waals surface area contributed by atoms with Crippen LogP contribution in [0.25, 0.3) is 0 Å². The van der Waals surface area contributed by atoms with E-state index in [2.05, 4.69) is 9.88 Å². The molecule has 8 heteroatoms. The zero-order valence-corrected chi connectivity index (χ0v) is 18.6. The van der Waals surface area contributed by atoms with Gasteiger partial charge in [-0.05, 0) is 56.3 Å².